The summed E-state index contributed by atoms with van der Waals surface area (Å²) in [4.78, 5) is 31.7. The molecule has 0 aliphatic heterocycles. The van der Waals surface area contributed by atoms with Gasteiger partial charge < -0.3 is 0 Å². The Morgan fingerprint density at radius 1 is 0.139 bits per heavy atom. The molecule has 0 N–H and O–H groups in total. The molecule has 10 rings (SSSR count). The van der Waals surface area contributed by atoms with Gasteiger partial charge in [0.1, 0.15) is 0 Å². The van der Waals surface area contributed by atoms with Gasteiger partial charge in [-0.05, 0) is 66.8 Å². The van der Waals surface area contributed by atoms with Gasteiger partial charge in [0.15, 0.2) is 11.6 Å². The maximum absolute atomic E-state index is 15.9. The number of carbonyl (C=O) groups is 2. The minimum Gasteiger partial charge on any atom is -0.289 e. The third-order valence-electron chi connectivity index (χ3n) is 12.8. The van der Waals surface area contributed by atoms with Gasteiger partial charge in [-0.25, -0.2) is 0 Å². The van der Waals surface area contributed by atoms with Crippen LogP contribution in [0.25, 0.3) is 44.6 Å². The van der Waals surface area contributed by atoms with Crippen LogP contribution in [0.4, 0.5) is 0 Å². The molecule has 0 fully saturated rings. The van der Waals surface area contributed by atoms with Crippen LogP contribution in [0.15, 0.2) is 303 Å². The average molecular weight is 923 g/mol. The van der Waals surface area contributed by atoms with Crippen LogP contribution in [0.2, 0.25) is 0 Å². The number of hydrogen-bond acceptors (Lipinski definition) is 2. The molecule has 0 radical (unpaired) electrons. The van der Waals surface area contributed by atoms with E-state index in [9.17, 15) is 0 Å². The fourth-order valence-corrected chi connectivity index (χ4v) is 9.57. The molecule has 0 bridgehead atoms. The first kappa shape index (κ1) is 46.2. The summed E-state index contributed by atoms with van der Waals surface area (Å²) >= 11 is 0. The molecule has 0 heterocycles. The molecule has 0 spiro atoms. The first-order valence-electron chi connectivity index (χ1n) is 24.3. The molecule has 0 saturated heterocycles. The minimum absolute atomic E-state index is 0.111. The number of rotatable bonds is 15. The van der Waals surface area contributed by atoms with Crippen LogP contribution >= 0.6 is 0 Å². The lowest BCUT2D eigenvalue weighted by atomic mass is 9.73. The molecular weight excluding hydrogens is 873 g/mol. The standard InChI is InChI=1S/C70H50O2/c71-69(59-47-27-9-28-48-59)67(57-43-23-7-24-44-57)65(55-39-19-5-20-40-55)63(53-35-15-3-16-36-53)61(51-31-11-1-12-32-51)62(52-33-13-2-14-34-52)64(54-37-17-4-18-38-54)66(56-41-21-6-22-42-56)68(58-45-25-8-26-46-58)70(72)60-49-29-10-30-50-60/h1-50H/b63-61+,64-62+,67-65+,68-66+. The monoisotopic (exact) mass is 922 g/mol. The molecule has 10 aromatic rings. The van der Waals surface area contributed by atoms with Crippen molar-refractivity contribution >= 4 is 56.2 Å². The maximum Gasteiger partial charge on any atom is 0.194 e. The van der Waals surface area contributed by atoms with Crippen LogP contribution in [0.5, 0.6) is 0 Å². The quantitative estimate of drug-likeness (QED) is 0.0444. The topological polar surface area (TPSA) is 34.1 Å². The molecule has 2 nitrogen and oxygen atoms in total. The van der Waals surface area contributed by atoms with E-state index in [4.69, 9.17) is 0 Å². The normalized spacial score (nSPS) is 12.6. The molecule has 10 aromatic carbocycles. The first-order valence-corrected chi connectivity index (χ1v) is 24.3. The first-order chi connectivity index (χ1) is 35.7. The summed E-state index contributed by atoms with van der Waals surface area (Å²) in [6, 6.07) is 102. The van der Waals surface area contributed by atoms with E-state index in [1.54, 1.807) is 0 Å². The van der Waals surface area contributed by atoms with E-state index in [0.29, 0.717) is 22.3 Å². The fourth-order valence-electron chi connectivity index (χ4n) is 9.57. The summed E-state index contributed by atoms with van der Waals surface area (Å²) in [6.45, 7) is 0. The Morgan fingerprint density at radius 2 is 0.250 bits per heavy atom. The molecule has 72 heavy (non-hydrogen) atoms. The molecule has 0 saturated carbocycles. The smallest absolute Gasteiger partial charge is 0.194 e. The van der Waals surface area contributed by atoms with Crippen molar-refractivity contribution in [1.82, 2.24) is 0 Å². The number of Topliss-reactive ketones (excluding diaryl/α,β-unsaturated/α-hetero) is 2. The molecule has 0 aliphatic rings. The molecule has 0 aromatic heterocycles. The Kier molecular flexibility index (Phi) is 14.3. The van der Waals surface area contributed by atoms with Crippen molar-refractivity contribution in [3.8, 4) is 0 Å². The van der Waals surface area contributed by atoms with Crippen molar-refractivity contribution in [2.45, 2.75) is 0 Å². The number of benzene rings is 10. The van der Waals surface area contributed by atoms with Gasteiger partial charge in [-0.3, -0.25) is 9.59 Å². The van der Waals surface area contributed by atoms with Gasteiger partial charge in [0.2, 0.25) is 0 Å². The van der Waals surface area contributed by atoms with Gasteiger partial charge in [0, 0.05) is 33.4 Å². The van der Waals surface area contributed by atoms with Gasteiger partial charge >= 0.3 is 0 Å². The summed E-state index contributed by atoms with van der Waals surface area (Å²) in [5.41, 5.74) is 14.1. The zero-order chi connectivity index (χ0) is 48.9. The minimum atomic E-state index is -0.111. The summed E-state index contributed by atoms with van der Waals surface area (Å²) in [7, 11) is 0. The maximum atomic E-state index is 15.9. The van der Waals surface area contributed by atoms with Crippen molar-refractivity contribution < 1.29 is 9.59 Å². The number of allylic oxidation sites excluding steroid dienone is 8. The van der Waals surface area contributed by atoms with Crippen molar-refractivity contribution in [2.24, 2.45) is 0 Å². The lowest BCUT2D eigenvalue weighted by Gasteiger charge is -2.29. The van der Waals surface area contributed by atoms with Gasteiger partial charge in [-0.2, -0.15) is 0 Å². The predicted octanol–water partition coefficient (Wildman–Crippen LogP) is 17.2. The van der Waals surface area contributed by atoms with E-state index in [0.717, 1.165) is 77.9 Å². The van der Waals surface area contributed by atoms with Crippen molar-refractivity contribution in [3.05, 3.63) is 359 Å². The van der Waals surface area contributed by atoms with Crippen LogP contribution < -0.4 is 0 Å². The molecule has 342 valence electrons. The van der Waals surface area contributed by atoms with E-state index in [1.165, 1.54) is 0 Å². The van der Waals surface area contributed by atoms with E-state index in [2.05, 4.69) is 121 Å². The highest BCUT2D eigenvalue weighted by atomic mass is 16.1. The van der Waals surface area contributed by atoms with Crippen LogP contribution in [-0.2, 0) is 0 Å². The Labute approximate surface area is 422 Å². The van der Waals surface area contributed by atoms with Gasteiger partial charge in [0.05, 0.1) is 0 Å². The zero-order valence-electron chi connectivity index (χ0n) is 39.7. The van der Waals surface area contributed by atoms with Crippen LogP contribution in [0.1, 0.15) is 65.2 Å². The molecular formula is C70H50O2. The van der Waals surface area contributed by atoms with Crippen molar-refractivity contribution in [2.75, 3.05) is 0 Å². The number of hydrogen-bond donors (Lipinski definition) is 0. The average Bonchev–Trinajstić information content (AvgIpc) is 3.47. The highest BCUT2D eigenvalue weighted by molar-refractivity contribution is 6.46. The van der Waals surface area contributed by atoms with E-state index >= 15 is 9.59 Å². The third-order valence-corrected chi connectivity index (χ3v) is 12.8. The second kappa shape index (κ2) is 22.3. The third kappa shape index (κ3) is 9.98. The van der Waals surface area contributed by atoms with Gasteiger partial charge in [-0.15, -0.1) is 0 Å². The Hall–Kier alpha value is -9.50. The number of ketones is 2. The summed E-state index contributed by atoms with van der Waals surface area (Å²) < 4.78 is 0. The predicted molar refractivity (Wildman–Crippen MR) is 300 cm³/mol. The van der Waals surface area contributed by atoms with E-state index in [-0.39, 0.29) is 11.6 Å². The van der Waals surface area contributed by atoms with Crippen LogP contribution in [0.3, 0.4) is 0 Å². The van der Waals surface area contributed by atoms with Crippen LogP contribution in [0, 0.1) is 0 Å². The highest BCUT2D eigenvalue weighted by Gasteiger charge is 2.32. The van der Waals surface area contributed by atoms with E-state index in [1.807, 2.05) is 182 Å². The highest BCUT2D eigenvalue weighted by Crippen LogP contribution is 2.52. The Morgan fingerprint density at radius 3 is 0.403 bits per heavy atom. The second-order valence-corrected chi connectivity index (χ2v) is 17.3. The van der Waals surface area contributed by atoms with Gasteiger partial charge in [0.25, 0.3) is 0 Å². The Bertz CT molecular complexity index is 3300. The molecule has 0 atom stereocenters. The van der Waals surface area contributed by atoms with E-state index < -0.39 is 0 Å². The lowest BCUT2D eigenvalue weighted by Crippen LogP contribution is -2.11. The Balaban J connectivity index is 1.54. The SMILES string of the molecule is O=C(/C(=C(/C(=C(/C(=C(/C(=C(/C(=O)c1ccccc1)c1ccccc1)c1ccccc1)c1ccccc1)c1ccccc1)c1ccccc1)c1ccccc1)c1ccccc1)c1ccccc1)c1ccccc1. The fraction of sp³-hybridized carbons (Fsp3) is 0. The molecule has 0 aliphatic carbocycles. The zero-order valence-corrected chi connectivity index (χ0v) is 39.7. The molecule has 2 heteroatoms. The lowest BCUT2D eigenvalue weighted by molar-refractivity contribution is 0.104. The summed E-state index contributed by atoms with van der Waals surface area (Å²) in [5, 5.41) is 0. The van der Waals surface area contributed by atoms with Crippen LogP contribution in [-0.4, -0.2) is 11.6 Å². The molecule has 0 unspecified atom stereocenters. The largest absolute Gasteiger partial charge is 0.289 e. The summed E-state index contributed by atoms with van der Waals surface area (Å²) in [6.07, 6.45) is 0. The van der Waals surface area contributed by atoms with Crippen molar-refractivity contribution in [3.63, 3.8) is 0 Å². The molecule has 0 amide bonds. The van der Waals surface area contributed by atoms with Crippen molar-refractivity contribution in [1.29, 1.82) is 0 Å². The second-order valence-electron chi connectivity index (χ2n) is 17.3. The number of carbonyl (C=O) groups excluding carboxylic acids is 2. The summed E-state index contributed by atoms with van der Waals surface area (Å²) in [5.74, 6) is -0.223. The van der Waals surface area contributed by atoms with Gasteiger partial charge in [-0.1, -0.05) is 303 Å².